The molecule has 1 atom stereocenters. The van der Waals surface area contributed by atoms with Crippen LogP contribution in [0.1, 0.15) is 69.7 Å². The number of unbranched alkanes of at least 4 members (excludes halogenated alkanes) is 4. The Morgan fingerprint density at radius 1 is 1.18 bits per heavy atom. The molecule has 1 unspecified atom stereocenters. The molecule has 2 rings (SSSR count). The van der Waals surface area contributed by atoms with Crippen molar-refractivity contribution in [2.45, 2.75) is 71.4 Å². The molecule has 33 heavy (non-hydrogen) atoms. The molecular formula is C24H35N3O5S. The third-order valence-electron chi connectivity index (χ3n) is 5.17. The lowest BCUT2D eigenvalue weighted by molar-refractivity contribution is -0.150. The Balaban J connectivity index is 1.89. The van der Waals surface area contributed by atoms with Crippen LogP contribution >= 0.6 is 12.2 Å². The molecule has 0 aliphatic carbocycles. The Morgan fingerprint density at radius 2 is 1.88 bits per heavy atom. The first kappa shape index (κ1) is 26.6. The van der Waals surface area contributed by atoms with Gasteiger partial charge >= 0.3 is 5.97 Å². The van der Waals surface area contributed by atoms with E-state index in [1.54, 1.807) is 43.0 Å². The molecule has 0 bridgehead atoms. The minimum Gasteiger partial charge on any atom is -0.494 e. The van der Waals surface area contributed by atoms with Crippen LogP contribution in [0.25, 0.3) is 0 Å². The Hall–Kier alpha value is -2.68. The molecule has 1 aromatic rings. The summed E-state index contributed by atoms with van der Waals surface area (Å²) >= 11 is 5.38. The minimum absolute atomic E-state index is 0.101. The summed E-state index contributed by atoms with van der Waals surface area (Å²) in [6, 6.07) is 6.02. The van der Waals surface area contributed by atoms with E-state index < -0.39 is 12.0 Å². The van der Waals surface area contributed by atoms with Crippen LogP contribution in [0.4, 0.5) is 0 Å². The van der Waals surface area contributed by atoms with E-state index >= 15 is 0 Å². The van der Waals surface area contributed by atoms with Crippen molar-refractivity contribution in [3.05, 3.63) is 29.8 Å². The zero-order valence-corrected chi connectivity index (χ0v) is 20.5. The quantitative estimate of drug-likeness (QED) is 0.287. The molecular weight excluding hydrogens is 442 g/mol. The van der Waals surface area contributed by atoms with Gasteiger partial charge in [0.2, 0.25) is 5.91 Å². The zero-order chi connectivity index (χ0) is 24.2. The van der Waals surface area contributed by atoms with Gasteiger partial charge in [-0.05, 0) is 56.8 Å². The van der Waals surface area contributed by atoms with E-state index in [1.807, 2.05) is 0 Å². The fourth-order valence-electron chi connectivity index (χ4n) is 3.47. The van der Waals surface area contributed by atoms with E-state index in [1.165, 1.54) is 19.3 Å². The SMILES string of the molecule is CCCCCCCOc1ccc(C(=O)NC(=S)N2CCNC(=O)C2CC(=O)OC(C)C)cc1. The number of piperazine rings is 1. The second-order valence-corrected chi connectivity index (χ2v) is 8.68. The molecule has 1 saturated heterocycles. The molecule has 2 amide bonds. The Bertz CT molecular complexity index is 813. The van der Waals surface area contributed by atoms with E-state index in [4.69, 9.17) is 21.7 Å². The minimum atomic E-state index is -0.828. The highest BCUT2D eigenvalue weighted by atomic mass is 32.1. The molecule has 1 aromatic carbocycles. The number of benzene rings is 1. The normalized spacial score (nSPS) is 15.7. The standard InChI is InChI=1S/C24H35N3O5S/c1-4-5-6-7-8-15-31-19-11-9-18(10-12-19)22(29)26-24(33)27-14-13-25-23(30)20(27)16-21(28)32-17(2)3/h9-12,17,20H,4-8,13-16H2,1-3H3,(H,25,30)(H,26,29,33). The summed E-state index contributed by atoms with van der Waals surface area (Å²) in [6.07, 6.45) is 5.40. The van der Waals surface area contributed by atoms with Crippen LogP contribution in [0.2, 0.25) is 0 Å². The van der Waals surface area contributed by atoms with Crippen molar-refractivity contribution < 1.29 is 23.9 Å². The number of amides is 2. The van der Waals surface area contributed by atoms with Gasteiger partial charge in [0.15, 0.2) is 5.11 Å². The van der Waals surface area contributed by atoms with Crippen molar-refractivity contribution in [2.24, 2.45) is 0 Å². The summed E-state index contributed by atoms with van der Waals surface area (Å²) in [4.78, 5) is 38.6. The van der Waals surface area contributed by atoms with Crippen molar-refractivity contribution in [1.82, 2.24) is 15.5 Å². The van der Waals surface area contributed by atoms with Gasteiger partial charge in [-0.1, -0.05) is 32.6 Å². The summed E-state index contributed by atoms with van der Waals surface area (Å²) in [5, 5.41) is 5.49. The fourth-order valence-corrected chi connectivity index (χ4v) is 3.78. The van der Waals surface area contributed by atoms with Gasteiger partial charge in [0, 0.05) is 18.7 Å². The maximum absolute atomic E-state index is 12.7. The Kier molecular flexibility index (Phi) is 11.1. The van der Waals surface area contributed by atoms with Crippen molar-refractivity contribution in [1.29, 1.82) is 0 Å². The van der Waals surface area contributed by atoms with E-state index in [9.17, 15) is 14.4 Å². The summed E-state index contributed by atoms with van der Waals surface area (Å²) in [7, 11) is 0. The number of hydrogen-bond acceptors (Lipinski definition) is 6. The van der Waals surface area contributed by atoms with E-state index in [0.29, 0.717) is 31.0 Å². The van der Waals surface area contributed by atoms with Crippen LogP contribution in [0.5, 0.6) is 5.75 Å². The van der Waals surface area contributed by atoms with Gasteiger partial charge in [0.1, 0.15) is 11.8 Å². The van der Waals surface area contributed by atoms with Crippen LogP contribution in [0.15, 0.2) is 24.3 Å². The highest BCUT2D eigenvalue weighted by Gasteiger charge is 2.34. The predicted molar refractivity (Wildman–Crippen MR) is 130 cm³/mol. The Morgan fingerprint density at radius 3 is 2.55 bits per heavy atom. The molecule has 0 radical (unpaired) electrons. The smallest absolute Gasteiger partial charge is 0.308 e. The molecule has 1 aliphatic heterocycles. The molecule has 182 valence electrons. The lowest BCUT2D eigenvalue weighted by Gasteiger charge is -2.36. The van der Waals surface area contributed by atoms with Crippen molar-refractivity contribution >= 4 is 35.1 Å². The Labute approximate surface area is 201 Å². The predicted octanol–water partition coefficient (Wildman–Crippen LogP) is 3.19. The number of nitrogens with zero attached hydrogens (tertiary/aromatic N) is 1. The number of ether oxygens (including phenoxy) is 2. The maximum Gasteiger partial charge on any atom is 0.308 e. The first-order chi connectivity index (χ1) is 15.8. The molecule has 1 aliphatic rings. The van der Waals surface area contributed by atoms with Crippen LogP contribution in [-0.2, 0) is 14.3 Å². The zero-order valence-electron chi connectivity index (χ0n) is 19.7. The number of thiocarbonyl (C=S) groups is 1. The summed E-state index contributed by atoms with van der Waals surface area (Å²) in [6.45, 7) is 7.07. The van der Waals surface area contributed by atoms with Gasteiger partial charge in [-0.15, -0.1) is 0 Å². The van der Waals surface area contributed by atoms with Crippen molar-refractivity contribution in [3.8, 4) is 5.75 Å². The number of carbonyl (C=O) groups excluding carboxylic acids is 3. The summed E-state index contributed by atoms with van der Waals surface area (Å²) < 4.78 is 10.9. The highest BCUT2D eigenvalue weighted by Crippen LogP contribution is 2.15. The van der Waals surface area contributed by atoms with Crippen LogP contribution in [-0.4, -0.2) is 59.6 Å². The van der Waals surface area contributed by atoms with Gasteiger partial charge < -0.3 is 19.7 Å². The molecule has 0 saturated carbocycles. The number of carbonyl (C=O) groups is 3. The summed E-state index contributed by atoms with van der Waals surface area (Å²) in [5.74, 6) is -0.497. The largest absolute Gasteiger partial charge is 0.494 e. The van der Waals surface area contributed by atoms with Gasteiger partial charge in [-0.25, -0.2) is 0 Å². The fraction of sp³-hybridized carbons (Fsp3) is 0.583. The number of hydrogen-bond donors (Lipinski definition) is 2. The van der Waals surface area contributed by atoms with E-state index in [2.05, 4.69) is 17.6 Å². The average molecular weight is 478 g/mol. The van der Waals surface area contributed by atoms with Gasteiger partial charge in [-0.3, -0.25) is 19.7 Å². The van der Waals surface area contributed by atoms with E-state index in [0.717, 1.165) is 12.8 Å². The van der Waals surface area contributed by atoms with Crippen LogP contribution < -0.4 is 15.4 Å². The highest BCUT2D eigenvalue weighted by molar-refractivity contribution is 7.80. The second-order valence-electron chi connectivity index (χ2n) is 8.29. The molecule has 8 nitrogen and oxygen atoms in total. The molecule has 0 spiro atoms. The molecule has 1 fully saturated rings. The lowest BCUT2D eigenvalue weighted by Crippen LogP contribution is -2.60. The third-order valence-corrected chi connectivity index (χ3v) is 5.51. The molecule has 0 aromatic heterocycles. The van der Waals surface area contributed by atoms with Gasteiger partial charge in [-0.2, -0.15) is 0 Å². The summed E-state index contributed by atoms with van der Waals surface area (Å²) in [5.41, 5.74) is 0.421. The number of nitrogens with one attached hydrogen (secondary N) is 2. The number of esters is 1. The van der Waals surface area contributed by atoms with Crippen molar-refractivity contribution in [3.63, 3.8) is 0 Å². The van der Waals surface area contributed by atoms with Gasteiger partial charge in [0.25, 0.3) is 5.91 Å². The monoisotopic (exact) mass is 477 g/mol. The third kappa shape index (κ3) is 9.00. The average Bonchev–Trinajstić information content (AvgIpc) is 2.77. The van der Waals surface area contributed by atoms with Crippen molar-refractivity contribution in [2.75, 3.05) is 19.7 Å². The first-order valence-electron chi connectivity index (χ1n) is 11.6. The first-order valence-corrected chi connectivity index (χ1v) is 12.0. The lowest BCUT2D eigenvalue weighted by atomic mass is 10.1. The molecule has 1 heterocycles. The topological polar surface area (TPSA) is 97.0 Å². The molecule has 2 N–H and O–H groups in total. The maximum atomic E-state index is 12.7. The van der Waals surface area contributed by atoms with Crippen LogP contribution in [0, 0.1) is 0 Å². The molecule has 9 heteroatoms. The second kappa shape index (κ2) is 13.8. The van der Waals surface area contributed by atoms with E-state index in [-0.39, 0.29) is 29.5 Å². The van der Waals surface area contributed by atoms with Gasteiger partial charge in [0.05, 0.1) is 19.1 Å². The van der Waals surface area contributed by atoms with Crippen LogP contribution in [0.3, 0.4) is 0 Å². The number of rotatable bonds is 11.